The molecule has 0 rings (SSSR count). The van der Waals surface area contributed by atoms with E-state index in [0.29, 0.717) is 20.8 Å². The molecule has 0 saturated heterocycles. The van der Waals surface area contributed by atoms with E-state index >= 15 is 0 Å². The summed E-state index contributed by atoms with van der Waals surface area (Å²) in [6, 6.07) is 0. The molecule has 4 nitrogen and oxygen atoms in total. The summed E-state index contributed by atoms with van der Waals surface area (Å²) in [5.74, 6) is -28.1. The van der Waals surface area contributed by atoms with Gasteiger partial charge in [-0.25, -0.2) is 9.59 Å². The first-order chi connectivity index (χ1) is 10.8. The van der Waals surface area contributed by atoms with Crippen LogP contribution in [0.25, 0.3) is 0 Å². The molecule has 0 bridgehead atoms. The van der Waals surface area contributed by atoms with Crippen LogP contribution in [0.4, 0.5) is 35.1 Å². The van der Waals surface area contributed by atoms with Crippen LogP contribution in [0.5, 0.6) is 0 Å². The van der Waals surface area contributed by atoms with Crippen LogP contribution in [0.1, 0.15) is 20.8 Å². The molecule has 0 aromatic carbocycles. The number of carboxylic acid groups (broad SMARTS) is 1. The third-order valence-electron chi connectivity index (χ3n) is 2.95. The van der Waals surface area contributed by atoms with Crippen molar-refractivity contribution in [2.45, 2.75) is 44.5 Å². The molecule has 12 heteroatoms. The van der Waals surface area contributed by atoms with E-state index in [9.17, 15) is 44.7 Å². The zero-order chi connectivity index (χ0) is 20.5. The normalized spacial score (nSPS) is 14.7. The van der Waals surface area contributed by atoms with Crippen molar-refractivity contribution in [2.75, 3.05) is 6.61 Å². The first kappa shape index (κ1) is 23.1. The van der Waals surface area contributed by atoms with Crippen LogP contribution in [0.3, 0.4) is 0 Å². The Hall–Kier alpha value is -1.88. The second kappa shape index (κ2) is 6.79. The fourth-order valence-corrected chi connectivity index (χ4v) is 1.34. The van der Waals surface area contributed by atoms with Crippen molar-refractivity contribution < 1.29 is 54.6 Å². The fraction of sp³-hybridized carbons (Fsp3) is 0.692. The van der Waals surface area contributed by atoms with Crippen molar-refractivity contribution in [1.82, 2.24) is 0 Å². The summed E-state index contributed by atoms with van der Waals surface area (Å²) >= 11 is 0. The predicted octanol–water partition coefficient (Wildman–Crippen LogP) is 3.76. The second-order valence-corrected chi connectivity index (χ2v) is 5.96. The van der Waals surface area contributed by atoms with Gasteiger partial charge in [0.15, 0.2) is 6.61 Å². The Kier molecular flexibility index (Phi) is 6.28. The van der Waals surface area contributed by atoms with Crippen LogP contribution in [-0.2, 0) is 14.3 Å². The Morgan fingerprint density at radius 1 is 0.840 bits per heavy atom. The first-order valence-corrected chi connectivity index (χ1v) is 6.40. The van der Waals surface area contributed by atoms with Gasteiger partial charge >= 0.3 is 35.6 Å². The van der Waals surface area contributed by atoms with E-state index in [1.54, 1.807) is 0 Å². The molecule has 0 atom stereocenters. The molecule has 25 heavy (non-hydrogen) atoms. The topological polar surface area (TPSA) is 63.6 Å². The number of ether oxygens (including phenoxy) is 1. The van der Waals surface area contributed by atoms with Crippen molar-refractivity contribution in [2.24, 2.45) is 5.41 Å². The highest BCUT2D eigenvalue weighted by atomic mass is 19.4. The molecular formula is C13H14F8O4. The van der Waals surface area contributed by atoms with Crippen LogP contribution in [0, 0.1) is 5.41 Å². The number of aliphatic carboxylic acids is 1. The lowest BCUT2D eigenvalue weighted by molar-refractivity contribution is -0.386. The SMILES string of the molecule is CC(C)(C)C(F)(F)C(F)(F)C(F)(F)C(F)(F)COC(=O)C=CC(=O)O. The first-order valence-electron chi connectivity index (χ1n) is 6.40. The van der Waals surface area contributed by atoms with Gasteiger partial charge in [0.05, 0.1) is 0 Å². The number of carbonyl (C=O) groups is 2. The lowest BCUT2D eigenvalue weighted by Crippen LogP contribution is -2.66. The zero-order valence-corrected chi connectivity index (χ0v) is 13.1. The molecule has 0 aliphatic carbocycles. The summed E-state index contributed by atoms with van der Waals surface area (Å²) < 4.78 is 112. The molecule has 146 valence electrons. The highest BCUT2D eigenvalue weighted by Crippen LogP contribution is 2.57. The minimum Gasteiger partial charge on any atom is -0.478 e. The summed E-state index contributed by atoms with van der Waals surface area (Å²) in [4.78, 5) is 20.9. The van der Waals surface area contributed by atoms with E-state index in [2.05, 4.69) is 4.74 Å². The summed E-state index contributed by atoms with van der Waals surface area (Å²) in [6.07, 6.45) is 0.138. The molecule has 0 amide bonds. The Bertz CT molecular complexity index is 549. The average Bonchev–Trinajstić information content (AvgIpc) is 2.41. The smallest absolute Gasteiger partial charge is 0.381 e. The molecule has 0 aliphatic rings. The highest BCUT2D eigenvalue weighted by molar-refractivity contribution is 5.90. The predicted molar refractivity (Wildman–Crippen MR) is 67.0 cm³/mol. The third-order valence-corrected chi connectivity index (χ3v) is 2.95. The van der Waals surface area contributed by atoms with Gasteiger partial charge < -0.3 is 9.84 Å². The molecule has 0 unspecified atom stereocenters. The van der Waals surface area contributed by atoms with E-state index in [1.165, 1.54) is 0 Å². The number of esters is 1. The van der Waals surface area contributed by atoms with E-state index in [-0.39, 0.29) is 12.2 Å². The standard InChI is InChI=1S/C13H14F8O4/c1-9(2,3)11(16,17)13(20,21)12(18,19)10(14,15)6-25-8(24)5-4-7(22)23/h4-5H,6H2,1-3H3,(H,22,23). The lowest BCUT2D eigenvalue weighted by Gasteiger charge is -2.41. The van der Waals surface area contributed by atoms with Crippen LogP contribution < -0.4 is 0 Å². The van der Waals surface area contributed by atoms with E-state index in [0.717, 1.165) is 0 Å². The molecule has 0 aromatic rings. The molecule has 0 heterocycles. The summed E-state index contributed by atoms with van der Waals surface area (Å²) in [6.45, 7) is -1.32. The summed E-state index contributed by atoms with van der Waals surface area (Å²) in [7, 11) is 0. The van der Waals surface area contributed by atoms with Crippen LogP contribution in [0.15, 0.2) is 12.2 Å². The average molecular weight is 386 g/mol. The van der Waals surface area contributed by atoms with E-state index in [1.807, 2.05) is 0 Å². The van der Waals surface area contributed by atoms with Gasteiger partial charge in [-0.2, -0.15) is 35.1 Å². The van der Waals surface area contributed by atoms with Crippen molar-refractivity contribution in [1.29, 1.82) is 0 Å². The minimum atomic E-state index is -6.58. The van der Waals surface area contributed by atoms with Gasteiger partial charge in [-0.15, -0.1) is 0 Å². The molecular weight excluding hydrogens is 372 g/mol. The van der Waals surface area contributed by atoms with Gasteiger partial charge in [-0.05, 0) is 0 Å². The minimum absolute atomic E-state index is 0.0401. The van der Waals surface area contributed by atoms with Crippen molar-refractivity contribution in [3.05, 3.63) is 12.2 Å². The summed E-state index contributed by atoms with van der Waals surface area (Å²) in [5.41, 5.74) is -2.79. The second-order valence-electron chi connectivity index (χ2n) is 5.96. The van der Waals surface area contributed by atoms with Gasteiger partial charge in [-0.1, -0.05) is 20.8 Å². The fourth-order valence-electron chi connectivity index (χ4n) is 1.34. The molecule has 0 aromatic heterocycles. The van der Waals surface area contributed by atoms with Gasteiger partial charge in [0.1, 0.15) is 0 Å². The zero-order valence-electron chi connectivity index (χ0n) is 13.1. The maximum atomic E-state index is 13.6. The van der Waals surface area contributed by atoms with Crippen molar-refractivity contribution in [3.8, 4) is 0 Å². The number of alkyl halides is 8. The lowest BCUT2D eigenvalue weighted by atomic mass is 9.81. The summed E-state index contributed by atoms with van der Waals surface area (Å²) in [5, 5.41) is 8.15. The Morgan fingerprint density at radius 3 is 1.64 bits per heavy atom. The number of hydrogen-bond acceptors (Lipinski definition) is 3. The number of carboxylic acids is 1. The van der Waals surface area contributed by atoms with Crippen LogP contribution in [0.2, 0.25) is 0 Å². The Balaban J connectivity index is 5.53. The third kappa shape index (κ3) is 4.40. The quantitative estimate of drug-likeness (QED) is 0.411. The number of halogens is 8. The monoisotopic (exact) mass is 386 g/mol. The van der Waals surface area contributed by atoms with Crippen molar-refractivity contribution in [3.63, 3.8) is 0 Å². The van der Waals surface area contributed by atoms with Gasteiger partial charge in [0.2, 0.25) is 0 Å². The molecule has 0 spiro atoms. The molecule has 0 fully saturated rings. The molecule has 0 radical (unpaired) electrons. The number of rotatable bonds is 7. The highest BCUT2D eigenvalue weighted by Gasteiger charge is 2.82. The Morgan fingerprint density at radius 2 is 1.28 bits per heavy atom. The van der Waals surface area contributed by atoms with Crippen molar-refractivity contribution >= 4 is 11.9 Å². The van der Waals surface area contributed by atoms with E-state index < -0.39 is 47.7 Å². The Labute approximate surface area is 136 Å². The van der Waals surface area contributed by atoms with Crippen LogP contribution >= 0.6 is 0 Å². The maximum absolute atomic E-state index is 13.6. The molecule has 0 aliphatic heterocycles. The largest absolute Gasteiger partial charge is 0.478 e. The number of hydrogen-bond donors (Lipinski definition) is 1. The van der Waals surface area contributed by atoms with Gasteiger partial charge in [0, 0.05) is 17.6 Å². The van der Waals surface area contributed by atoms with E-state index in [4.69, 9.17) is 5.11 Å². The number of carbonyl (C=O) groups excluding carboxylic acids is 1. The molecule has 0 saturated carbocycles. The molecule has 1 N–H and O–H groups in total. The van der Waals surface area contributed by atoms with Gasteiger partial charge in [0.25, 0.3) is 0 Å². The maximum Gasteiger partial charge on any atom is 0.381 e. The van der Waals surface area contributed by atoms with Crippen LogP contribution in [-0.4, -0.2) is 47.3 Å². The van der Waals surface area contributed by atoms with Gasteiger partial charge in [-0.3, -0.25) is 0 Å².